The molecule has 0 unspecified atom stereocenters. The third-order valence-corrected chi connectivity index (χ3v) is 2.29. The van der Waals surface area contributed by atoms with Crippen LogP contribution in [0.2, 0.25) is 5.02 Å². The summed E-state index contributed by atoms with van der Waals surface area (Å²) in [5.74, 6) is 0. The smallest absolute Gasteiger partial charge is 0.0717 e. The van der Waals surface area contributed by atoms with E-state index in [1.54, 1.807) is 6.20 Å². The molecule has 0 aliphatic carbocycles. The first kappa shape index (κ1) is 8.48. The lowest BCUT2D eigenvalue weighted by Gasteiger charge is -2.01. The van der Waals surface area contributed by atoms with E-state index in [9.17, 15) is 0 Å². The second kappa shape index (κ2) is 3.32. The summed E-state index contributed by atoms with van der Waals surface area (Å²) in [6.07, 6.45) is 1.78. The Labute approximate surface area is 81.3 Å². The number of aromatic nitrogens is 1. The summed E-state index contributed by atoms with van der Waals surface area (Å²) in [6, 6.07) is 7.65. The van der Waals surface area contributed by atoms with Crippen LogP contribution in [0.5, 0.6) is 0 Å². The number of hydrogen-bond acceptors (Lipinski definition) is 2. The van der Waals surface area contributed by atoms with Gasteiger partial charge in [0.2, 0.25) is 0 Å². The first-order chi connectivity index (χ1) is 6.31. The zero-order valence-corrected chi connectivity index (χ0v) is 7.75. The molecule has 66 valence electrons. The predicted octanol–water partition coefficient (Wildman–Crippen LogP) is 2.35. The molecule has 2 aromatic rings. The summed E-state index contributed by atoms with van der Waals surface area (Å²) in [6.45, 7) is 0.494. The Morgan fingerprint density at radius 1 is 1.38 bits per heavy atom. The van der Waals surface area contributed by atoms with E-state index in [0.717, 1.165) is 21.5 Å². The van der Waals surface area contributed by atoms with Gasteiger partial charge < -0.3 is 5.73 Å². The molecule has 1 heterocycles. The van der Waals surface area contributed by atoms with E-state index in [0.29, 0.717) is 6.54 Å². The average Bonchev–Trinajstić information content (AvgIpc) is 2.18. The molecule has 13 heavy (non-hydrogen) atoms. The van der Waals surface area contributed by atoms with Crippen molar-refractivity contribution in [3.8, 4) is 0 Å². The highest BCUT2D eigenvalue weighted by molar-refractivity contribution is 6.35. The van der Waals surface area contributed by atoms with Crippen LogP contribution >= 0.6 is 11.6 Å². The largest absolute Gasteiger partial charge is 0.326 e. The van der Waals surface area contributed by atoms with Crippen LogP contribution in [0, 0.1) is 0 Å². The molecular formula is C10H9ClN2. The number of hydrogen-bond donors (Lipinski definition) is 1. The van der Waals surface area contributed by atoms with Crippen LogP contribution in [0.3, 0.4) is 0 Å². The van der Waals surface area contributed by atoms with E-state index >= 15 is 0 Å². The van der Waals surface area contributed by atoms with E-state index in [4.69, 9.17) is 17.3 Å². The molecule has 1 aromatic heterocycles. The molecule has 0 aliphatic rings. The van der Waals surface area contributed by atoms with Crippen molar-refractivity contribution >= 4 is 22.5 Å². The lowest BCUT2D eigenvalue weighted by molar-refractivity contribution is 1.06. The normalized spacial score (nSPS) is 10.6. The molecule has 0 aliphatic heterocycles. The van der Waals surface area contributed by atoms with Gasteiger partial charge in [0.1, 0.15) is 0 Å². The van der Waals surface area contributed by atoms with Crippen molar-refractivity contribution in [1.82, 2.24) is 4.98 Å². The van der Waals surface area contributed by atoms with E-state index in [1.165, 1.54) is 0 Å². The molecule has 0 amide bonds. The average molecular weight is 193 g/mol. The summed E-state index contributed by atoms with van der Waals surface area (Å²) in [5.41, 5.74) is 7.42. The molecular weight excluding hydrogens is 184 g/mol. The SMILES string of the molecule is NCc1cnc2cccc(Cl)c2c1. The topological polar surface area (TPSA) is 38.9 Å². The van der Waals surface area contributed by atoms with Gasteiger partial charge in [-0.15, -0.1) is 0 Å². The van der Waals surface area contributed by atoms with Crippen molar-refractivity contribution in [1.29, 1.82) is 0 Å². The van der Waals surface area contributed by atoms with Crippen molar-refractivity contribution < 1.29 is 0 Å². The van der Waals surface area contributed by atoms with Crippen LogP contribution < -0.4 is 5.73 Å². The van der Waals surface area contributed by atoms with Gasteiger partial charge in [-0.05, 0) is 23.8 Å². The fourth-order valence-electron chi connectivity index (χ4n) is 1.27. The van der Waals surface area contributed by atoms with E-state index < -0.39 is 0 Å². The zero-order chi connectivity index (χ0) is 9.26. The maximum absolute atomic E-state index is 6.01. The predicted molar refractivity (Wildman–Crippen MR) is 54.6 cm³/mol. The van der Waals surface area contributed by atoms with Crippen molar-refractivity contribution in [3.63, 3.8) is 0 Å². The summed E-state index contributed by atoms with van der Waals surface area (Å²) >= 11 is 6.01. The number of fused-ring (bicyclic) bond motifs is 1. The minimum atomic E-state index is 0.494. The summed E-state index contributed by atoms with van der Waals surface area (Å²) < 4.78 is 0. The summed E-state index contributed by atoms with van der Waals surface area (Å²) in [7, 11) is 0. The fourth-order valence-corrected chi connectivity index (χ4v) is 1.49. The molecule has 0 saturated carbocycles. The Morgan fingerprint density at radius 2 is 2.23 bits per heavy atom. The number of benzene rings is 1. The molecule has 0 fully saturated rings. The zero-order valence-electron chi connectivity index (χ0n) is 7.00. The first-order valence-corrected chi connectivity index (χ1v) is 4.42. The van der Waals surface area contributed by atoms with E-state index in [-0.39, 0.29) is 0 Å². The number of halogens is 1. The van der Waals surface area contributed by atoms with Crippen molar-refractivity contribution in [2.45, 2.75) is 6.54 Å². The van der Waals surface area contributed by atoms with Gasteiger partial charge >= 0.3 is 0 Å². The highest BCUT2D eigenvalue weighted by Gasteiger charge is 1.99. The van der Waals surface area contributed by atoms with Gasteiger partial charge in [-0.3, -0.25) is 4.98 Å². The molecule has 0 atom stereocenters. The van der Waals surface area contributed by atoms with Gasteiger partial charge in [0.15, 0.2) is 0 Å². The molecule has 2 rings (SSSR count). The maximum atomic E-state index is 6.01. The molecule has 3 heteroatoms. The van der Waals surface area contributed by atoms with Crippen molar-refractivity contribution in [3.05, 3.63) is 41.0 Å². The highest BCUT2D eigenvalue weighted by Crippen LogP contribution is 2.22. The van der Waals surface area contributed by atoms with E-state index in [1.807, 2.05) is 24.3 Å². The summed E-state index contributed by atoms with van der Waals surface area (Å²) in [4.78, 5) is 4.25. The Kier molecular flexibility index (Phi) is 2.17. The maximum Gasteiger partial charge on any atom is 0.0717 e. The quantitative estimate of drug-likeness (QED) is 0.754. The Hall–Kier alpha value is -1.12. The van der Waals surface area contributed by atoms with Crippen LogP contribution in [-0.4, -0.2) is 4.98 Å². The lowest BCUT2D eigenvalue weighted by atomic mass is 10.1. The number of nitrogens with zero attached hydrogens (tertiary/aromatic N) is 1. The molecule has 2 N–H and O–H groups in total. The van der Waals surface area contributed by atoms with Crippen LogP contribution in [0.1, 0.15) is 5.56 Å². The van der Waals surface area contributed by atoms with Gasteiger partial charge in [-0.2, -0.15) is 0 Å². The highest BCUT2D eigenvalue weighted by atomic mass is 35.5. The van der Waals surface area contributed by atoms with Gasteiger partial charge in [0.05, 0.1) is 5.52 Å². The minimum absolute atomic E-state index is 0.494. The standard InChI is InChI=1S/C10H9ClN2/c11-9-2-1-3-10-8(9)4-7(5-12)6-13-10/h1-4,6H,5,12H2. The molecule has 0 saturated heterocycles. The molecule has 0 radical (unpaired) electrons. The lowest BCUT2D eigenvalue weighted by Crippen LogP contribution is -1.96. The first-order valence-electron chi connectivity index (χ1n) is 4.04. The molecule has 2 nitrogen and oxygen atoms in total. The second-order valence-corrected chi connectivity index (χ2v) is 3.26. The molecule has 0 bridgehead atoms. The third kappa shape index (κ3) is 1.50. The van der Waals surface area contributed by atoms with E-state index in [2.05, 4.69) is 4.98 Å². The second-order valence-electron chi connectivity index (χ2n) is 2.85. The monoisotopic (exact) mass is 192 g/mol. The number of pyridine rings is 1. The Morgan fingerprint density at radius 3 is 3.00 bits per heavy atom. The van der Waals surface area contributed by atoms with Gasteiger partial charge in [0.25, 0.3) is 0 Å². The number of nitrogens with two attached hydrogens (primary N) is 1. The van der Waals surface area contributed by atoms with Crippen LogP contribution in [-0.2, 0) is 6.54 Å². The fraction of sp³-hybridized carbons (Fsp3) is 0.100. The summed E-state index contributed by atoms with van der Waals surface area (Å²) in [5, 5.41) is 1.69. The molecule has 1 aromatic carbocycles. The Balaban J connectivity index is 2.74. The van der Waals surface area contributed by atoms with Crippen LogP contribution in [0.25, 0.3) is 10.9 Å². The van der Waals surface area contributed by atoms with Crippen molar-refractivity contribution in [2.24, 2.45) is 5.73 Å². The van der Waals surface area contributed by atoms with Gasteiger partial charge in [-0.25, -0.2) is 0 Å². The van der Waals surface area contributed by atoms with Crippen LogP contribution in [0.4, 0.5) is 0 Å². The third-order valence-electron chi connectivity index (χ3n) is 1.96. The van der Waals surface area contributed by atoms with Crippen molar-refractivity contribution in [2.75, 3.05) is 0 Å². The molecule has 0 spiro atoms. The number of rotatable bonds is 1. The minimum Gasteiger partial charge on any atom is -0.326 e. The Bertz CT molecular complexity index is 440. The van der Waals surface area contributed by atoms with Crippen LogP contribution in [0.15, 0.2) is 30.5 Å². The van der Waals surface area contributed by atoms with Gasteiger partial charge in [0, 0.05) is 23.2 Å². The van der Waals surface area contributed by atoms with Gasteiger partial charge in [-0.1, -0.05) is 17.7 Å².